The third-order valence-corrected chi connectivity index (χ3v) is 5.18. The molecular weight excluding hydrogens is 278 g/mol. The zero-order valence-corrected chi connectivity index (χ0v) is 13.2. The molecule has 1 aromatic heterocycles. The zero-order valence-electron chi connectivity index (χ0n) is 12.4. The van der Waals surface area contributed by atoms with Crippen LogP contribution in [0.5, 0.6) is 0 Å². The summed E-state index contributed by atoms with van der Waals surface area (Å²) in [6.45, 7) is 2.83. The van der Waals surface area contributed by atoms with Gasteiger partial charge in [-0.1, -0.05) is 60.9 Å². The van der Waals surface area contributed by atoms with Crippen molar-refractivity contribution in [2.24, 2.45) is 5.73 Å². The van der Waals surface area contributed by atoms with E-state index < -0.39 is 0 Å². The molecule has 0 atom stereocenters. The number of nitrogens with two attached hydrogens (primary N) is 1. The monoisotopic (exact) mass is 301 g/mol. The third kappa shape index (κ3) is 3.44. The Hall–Kier alpha value is -1.39. The van der Waals surface area contributed by atoms with E-state index >= 15 is 0 Å². The topological polar surface area (TPSA) is 42.1 Å². The quantitative estimate of drug-likeness (QED) is 0.930. The van der Waals surface area contributed by atoms with Crippen molar-refractivity contribution in [2.45, 2.75) is 38.6 Å². The standard InChI is InChI=1S/C17H23N3S/c18-13-15-16(14-9-5-4-6-10-14)19-17(21-15)20-11-7-2-1-3-8-12-20/h4-6,9-10H,1-3,7-8,11-13,18H2. The summed E-state index contributed by atoms with van der Waals surface area (Å²) in [5.74, 6) is 0. The van der Waals surface area contributed by atoms with E-state index in [0.29, 0.717) is 6.54 Å². The van der Waals surface area contributed by atoms with E-state index in [9.17, 15) is 0 Å². The Bertz CT molecular complexity index is 557. The van der Waals surface area contributed by atoms with Gasteiger partial charge in [0, 0.05) is 30.1 Å². The second-order valence-corrected chi connectivity index (χ2v) is 6.66. The lowest BCUT2D eigenvalue weighted by molar-refractivity contribution is 0.556. The molecule has 0 unspecified atom stereocenters. The number of benzene rings is 1. The van der Waals surface area contributed by atoms with E-state index in [0.717, 1.165) is 23.9 Å². The molecule has 0 saturated carbocycles. The third-order valence-electron chi connectivity index (χ3n) is 4.05. The summed E-state index contributed by atoms with van der Waals surface area (Å²) in [4.78, 5) is 8.56. The van der Waals surface area contributed by atoms with E-state index in [2.05, 4.69) is 29.2 Å². The van der Waals surface area contributed by atoms with E-state index in [-0.39, 0.29) is 0 Å². The average molecular weight is 301 g/mol. The molecule has 2 N–H and O–H groups in total. The van der Waals surface area contributed by atoms with Crippen molar-refractivity contribution in [3.8, 4) is 11.3 Å². The fraction of sp³-hybridized carbons (Fsp3) is 0.471. The summed E-state index contributed by atoms with van der Waals surface area (Å²) in [6.07, 6.45) is 6.62. The molecule has 21 heavy (non-hydrogen) atoms. The number of rotatable bonds is 3. The van der Waals surface area contributed by atoms with Crippen LogP contribution in [0.3, 0.4) is 0 Å². The van der Waals surface area contributed by atoms with Crippen molar-refractivity contribution < 1.29 is 0 Å². The van der Waals surface area contributed by atoms with Gasteiger partial charge in [-0.2, -0.15) is 0 Å². The maximum Gasteiger partial charge on any atom is 0.186 e. The molecule has 2 heterocycles. The summed E-state index contributed by atoms with van der Waals surface area (Å²) < 4.78 is 0. The lowest BCUT2D eigenvalue weighted by atomic mass is 10.1. The van der Waals surface area contributed by atoms with Gasteiger partial charge in [0.15, 0.2) is 5.13 Å². The molecule has 0 aliphatic carbocycles. The van der Waals surface area contributed by atoms with Gasteiger partial charge < -0.3 is 10.6 Å². The summed E-state index contributed by atoms with van der Waals surface area (Å²) in [7, 11) is 0. The second kappa shape index (κ2) is 7.05. The Morgan fingerprint density at radius 1 is 1.00 bits per heavy atom. The van der Waals surface area contributed by atoms with Gasteiger partial charge in [0.25, 0.3) is 0 Å². The van der Waals surface area contributed by atoms with Gasteiger partial charge in [-0.3, -0.25) is 0 Å². The molecule has 1 saturated heterocycles. The van der Waals surface area contributed by atoms with Crippen LogP contribution in [0.2, 0.25) is 0 Å². The Morgan fingerprint density at radius 2 is 1.67 bits per heavy atom. The molecule has 0 spiro atoms. The Labute approximate surface area is 130 Å². The molecule has 0 radical (unpaired) electrons. The van der Waals surface area contributed by atoms with Crippen molar-refractivity contribution in [1.29, 1.82) is 0 Å². The van der Waals surface area contributed by atoms with Gasteiger partial charge in [-0.25, -0.2) is 4.98 Å². The fourth-order valence-electron chi connectivity index (χ4n) is 2.87. The van der Waals surface area contributed by atoms with E-state index in [1.54, 1.807) is 11.3 Å². The van der Waals surface area contributed by atoms with Crippen LogP contribution in [0.1, 0.15) is 37.0 Å². The maximum absolute atomic E-state index is 5.94. The first kappa shape index (κ1) is 14.5. The molecule has 0 amide bonds. The Kier molecular flexibility index (Phi) is 4.88. The van der Waals surface area contributed by atoms with Crippen molar-refractivity contribution in [3.05, 3.63) is 35.2 Å². The van der Waals surface area contributed by atoms with Crippen LogP contribution in [0.25, 0.3) is 11.3 Å². The van der Waals surface area contributed by atoms with E-state index in [1.165, 1.54) is 42.5 Å². The summed E-state index contributed by atoms with van der Waals surface area (Å²) in [6, 6.07) is 10.4. The molecule has 2 aromatic rings. The Balaban J connectivity index is 1.88. The Morgan fingerprint density at radius 3 is 2.33 bits per heavy atom. The highest BCUT2D eigenvalue weighted by Gasteiger charge is 2.17. The molecule has 112 valence electrons. The van der Waals surface area contributed by atoms with Crippen molar-refractivity contribution in [3.63, 3.8) is 0 Å². The van der Waals surface area contributed by atoms with Crippen LogP contribution in [-0.4, -0.2) is 18.1 Å². The van der Waals surface area contributed by atoms with Crippen LogP contribution in [-0.2, 0) is 6.54 Å². The molecule has 3 nitrogen and oxygen atoms in total. The highest BCUT2D eigenvalue weighted by Crippen LogP contribution is 2.33. The SMILES string of the molecule is NCc1sc(N2CCCCCCC2)nc1-c1ccccc1. The first-order valence-electron chi connectivity index (χ1n) is 7.88. The van der Waals surface area contributed by atoms with Crippen LogP contribution in [0.4, 0.5) is 5.13 Å². The predicted molar refractivity (Wildman–Crippen MR) is 90.7 cm³/mol. The normalized spacial score (nSPS) is 16.5. The van der Waals surface area contributed by atoms with Gasteiger partial charge in [-0.05, 0) is 12.8 Å². The van der Waals surface area contributed by atoms with E-state index in [1.807, 2.05) is 6.07 Å². The molecule has 1 aliphatic rings. The summed E-state index contributed by atoms with van der Waals surface area (Å²) in [5.41, 5.74) is 8.18. The van der Waals surface area contributed by atoms with Crippen LogP contribution >= 0.6 is 11.3 Å². The molecule has 0 bridgehead atoms. The highest BCUT2D eigenvalue weighted by atomic mass is 32.1. The first-order chi connectivity index (χ1) is 10.4. The lowest BCUT2D eigenvalue weighted by Gasteiger charge is -2.23. The number of anilines is 1. The average Bonchev–Trinajstić information content (AvgIpc) is 2.92. The van der Waals surface area contributed by atoms with Gasteiger partial charge >= 0.3 is 0 Å². The second-order valence-electron chi connectivity index (χ2n) is 5.59. The fourth-order valence-corrected chi connectivity index (χ4v) is 3.89. The van der Waals surface area contributed by atoms with Gasteiger partial charge in [0.1, 0.15) is 0 Å². The van der Waals surface area contributed by atoms with Crippen LogP contribution in [0, 0.1) is 0 Å². The van der Waals surface area contributed by atoms with Crippen LogP contribution < -0.4 is 10.6 Å². The number of hydrogen-bond donors (Lipinski definition) is 1. The molecule has 4 heteroatoms. The largest absolute Gasteiger partial charge is 0.348 e. The molecule has 1 fully saturated rings. The first-order valence-corrected chi connectivity index (χ1v) is 8.70. The van der Waals surface area contributed by atoms with E-state index in [4.69, 9.17) is 10.7 Å². The molecule has 3 rings (SSSR count). The lowest BCUT2D eigenvalue weighted by Crippen LogP contribution is -2.26. The minimum atomic E-state index is 0.565. The highest BCUT2D eigenvalue weighted by molar-refractivity contribution is 7.16. The summed E-state index contributed by atoms with van der Waals surface area (Å²) >= 11 is 1.77. The predicted octanol–water partition coefficient (Wildman–Crippen LogP) is 4.04. The summed E-state index contributed by atoms with van der Waals surface area (Å²) in [5, 5.41) is 1.15. The van der Waals surface area contributed by atoms with Crippen molar-refractivity contribution >= 4 is 16.5 Å². The smallest absolute Gasteiger partial charge is 0.186 e. The van der Waals surface area contributed by atoms with Crippen molar-refractivity contribution in [2.75, 3.05) is 18.0 Å². The van der Waals surface area contributed by atoms with Crippen molar-refractivity contribution in [1.82, 2.24) is 4.98 Å². The molecule has 1 aromatic carbocycles. The molecular formula is C17H23N3S. The minimum Gasteiger partial charge on any atom is -0.348 e. The number of nitrogens with zero attached hydrogens (tertiary/aromatic N) is 2. The van der Waals surface area contributed by atoms with Gasteiger partial charge in [-0.15, -0.1) is 0 Å². The molecule has 1 aliphatic heterocycles. The maximum atomic E-state index is 5.94. The number of aromatic nitrogens is 1. The number of thiazole rings is 1. The minimum absolute atomic E-state index is 0.565. The number of hydrogen-bond acceptors (Lipinski definition) is 4. The van der Waals surface area contributed by atoms with Crippen LogP contribution in [0.15, 0.2) is 30.3 Å². The van der Waals surface area contributed by atoms with Gasteiger partial charge in [0.05, 0.1) is 5.69 Å². The van der Waals surface area contributed by atoms with Gasteiger partial charge in [0.2, 0.25) is 0 Å². The zero-order chi connectivity index (χ0) is 14.5.